The standard InChI is InChI=1S/C8H14N4O2/c1-8(2,14-3)4-9-7(13)6-10-5-11-12-6/h5H,4H2,1-3H3,(H,9,13)(H,10,11,12). The van der Waals surface area contributed by atoms with E-state index in [4.69, 9.17) is 4.74 Å². The first-order valence-electron chi connectivity index (χ1n) is 4.24. The summed E-state index contributed by atoms with van der Waals surface area (Å²) in [5.41, 5.74) is -0.379. The minimum atomic E-state index is -0.379. The molecule has 1 heterocycles. The van der Waals surface area contributed by atoms with Gasteiger partial charge in [-0.05, 0) is 13.8 Å². The molecule has 2 N–H and O–H groups in total. The molecule has 0 atom stereocenters. The van der Waals surface area contributed by atoms with Crippen LogP contribution in [-0.4, -0.2) is 40.3 Å². The second kappa shape index (κ2) is 4.19. The monoisotopic (exact) mass is 198 g/mol. The summed E-state index contributed by atoms with van der Waals surface area (Å²) in [5, 5.41) is 8.74. The van der Waals surface area contributed by atoms with Crippen molar-refractivity contribution in [3.63, 3.8) is 0 Å². The highest BCUT2D eigenvalue weighted by Gasteiger charge is 2.18. The lowest BCUT2D eigenvalue weighted by molar-refractivity contribution is 0.0227. The van der Waals surface area contributed by atoms with Crippen molar-refractivity contribution < 1.29 is 9.53 Å². The lowest BCUT2D eigenvalue weighted by Crippen LogP contribution is -2.40. The minimum Gasteiger partial charge on any atom is -0.377 e. The highest BCUT2D eigenvalue weighted by Crippen LogP contribution is 2.04. The molecule has 0 fully saturated rings. The van der Waals surface area contributed by atoms with Crippen LogP contribution >= 0.6 is 0 Å². The molecule has 0 aliphatic carbocycles. The quantitative estimate of drug-likeness (QED) is 0.711. The Morgan fingerprint density at radius 3 is 2.93 bits per heavy atom. The summed E-state index contributed by atoms with van der Waals surface area (Å²) < 4.78 is 5.14. The number of nitrogens with zero attached hydrogens (tertiary/aromatic N) is 2. The molecular weight excluding hydrogens is 184 g/mol. The van der Waals surface area contributed by atoms with E-state index >= 15 is 0 Å². The number of amides is 1. The Morgan fingerprint density at radius 2 is 2.43 bits per heavy atom. The predicted molar refractivity (Wildman–Crippen MR) is 49.8 cm³/mol. The molecule has 0 aliphatic rings. The average Bonchev–Trinajstić information content (AvgIpc) is 2.67. The van der Waals surface area contributed by atoms with Gasteiger partial charge in [0.05, 0.1) is 5.60 Å². The summed E-state index contributed by atoms with van der Waals surface area (Å²) in [6.45, 7) is 4.18. The van der Waals surface area contributed by atoms with E-state index in [1.807, 2.05) is 13.8 Å². The highest BCUT2D eigenvalue weighted by atomic mass is 16.5. The van der Waals surface area contributed by atoms with E-state index in [1.165, 1.54) is 6.33 Å². The Kier molecular flexibility index (Phi) is 3.19. The highest BCUT2D eigenvalue weighted by molar-refractivity contribution is 5.90. The van der Waals surface area contributed by atoms with Gasteiger partial charge in [-0.1, -0.05) is 0 Å². The third kappa shape index (κ3) is 2.81. The number of H-pyrrole nitrogens is 1. The number of hydrogen-bond donors (Lipinski definition) is 2. The lowest BCUT2D eigenvalue weighted by Gasteiger charge is -2.22. The van der Waals surface area contributed by atoms with Crippen LogP contribution in [0.3, 0.4) is 0 Å². The third-order valence-corrected chi connectivity index (χ3v) is 1.86. The molecule has 0 saturated carbocycles. The maximum absolute atomic E-state index is 11.4. The van der Waals surface area contributed by atoms with Crippen LogP contribution in [0.1, 0.15) is 24.5 Å². The van der Waals surface area contributed by atoms with Gasteiger partial charge >= 0.3 is 0 Å². The van der Waals surface area contributed by atoms with E-state index in [0.29, 0.717) is 6.54 Å². The average molecular weight is 198 g/mol. The third-order valence-electron chi connectivity index (χ3n) is 1.86. The number of hydrogen-bond acceptors (Lipinski definition) is 4. The maximum Gasteiger partial charge on any atom is 0.288 e. The van der Waals surface area contributed by atoms with Crippen molar-refractivity contribution in [2.75, 3.05) is 13.7 Å². The van der Waals surface area contributed by atoms with Crippen LogP contribution < -0.4 is 5.32 Å². The normalized spacial score (nSPS) is 11.4. The van der Waals surface area contributed by atoms with Crippen LogP contribution in [0.4, 0.5) is 0 Å². The molecule has 14 heavy (non-hydrogen) atoms. The minimum absolute atomic E-state index is 0.205. The number of aromatic nitrogens is 3. The molecule has 0 aliphatic heterocycles. The Hall–Kier alpha value is -1.43. The molecule has 6 nitrogen and oxygen atoms in total. The van der Waals surface area contributed by atoms with Crippen molar-refractivity contribution in [3.8, 4) is 0 Å². The van der Waals surface area contributed by atoms with Crippen LogP contribution in [-0.2, 0) is 4.74 Å². The molecule has 0 spiro atoms. The Morgan fingerprint density at radius 1 is 1.71 bits per heavy atom. The molecular formula is C8H14N4O2. The van der Waals surface area contributed by atoms with Gasteiger partial charge in [-0.15, -0.1) is 0 Å². The summed E-state index contributed by atoms with van der Waals surface area (Å²) in [4.78, 5) is 15.1. The van der Waals surface area contributed by atoms with Gasteiger partial charge in [-0.25, -0.2) is 4.98 Å². The van der Waals surface area contributed by atoms with Gasteiger partial charge in [-0.2, -0.15) is 5.10 Å². The zero-order valence-corrected chi connectivity index (χ0v) is 8.50. The van der Waals surface area contributed by atoms with Crippen LogP contribution in [0.15, 0.2) is 6.33 Å². The fraction of sp³-hybridized carbons (Fsp3) is 0.625. The predicted octanol–water partition coefficient (Wildman–Crippen LogP) is -0.0405. The first kappa shape index (κ1) is 10.6. The van der Waals surface area contributed by atoms with E-state index in [1.54, 1.807) is 7.11 Å². The summed E-state index contributed by atoms with van der Waals surface area (Å²) in [5.74, 6) is -0.0791. The molecule has 0 aromatic carbocycles. The number of nitrogens with one attached hydrogen (secondary N) is 2. The van der Waals surface area contributed by atoms with Crippen molar-refractivity contribution >= 4 is 5.91 Å². The topological polar surface area (TPSA) is 79.9 Å². The Bertz CT molecular complexity index is 294. The lowest BCUT2D eigenvalue weighted by atomic mass is 10.1. The number of aromatic amines is 1. The largest absolute Gasteiger partial charge is 0.377 e. The zero-order chi connectivity index (χ0) is 10.6. The van der Waals surface area contributed by atoms with Gasteiger partial charge < -0.3 is 10.1 Å². The molecule has 0 saturated heterocycles. The fourth-order valence-electron chi connectivity index (χ4n) is 0.764. The molecule has 0 radical (unpaired) electrons. The Labute approximate surface area is 82.1 Å². The molecule has 6 heteroatoms. The van der Waals surface area contributed by atoms with Gasteiger partial charge in [0.15, 0.2) is 0 Å². The van der Waals surface area contributed by atoms with Gasteiger partial charge in [0.25, 0.3) is 5.91 Å². The van der Waals surface area contributed by atoms with Crippen LogP contribution in [0.5, 0.6) is 0 Å². The molecule has 0 bridgehead atoms. The van der Waals surface area contributed by atoms with Crippen molar-refractivity contribution in [1.82, 2.24) is 20.5 Å². The van der Waals surface area contributed by atoms with E-state index in [0.717, 1.165) is 0 Å². The first-order chi connectivity index (χ1) is 6.55. The number of carbonyl (C=O) groups is 1. The van der Waals surface area contributed by atoms with Crippen LogP contribution in [0.25, 0.3) is 0 Å². The van der Waals surface area contributed by atoms with Crippen molar-refractivity contribution in [2.45, 2.75) is 19.4 Å². The summed E-state index contributed by atoms with van der Waals surface area (Å²) >= 11 is 0. The van der Waals surface area contributed by atoms with E-state index in [-0.39, 0.29) is 17.3 Å². The van der Waals surface area contributed by atoms with Gasteiger partial charge in [0.1, 0.15) is 6.33 Å². The molecule has 78 valence electrons. The summed E-state index contributed by atoms with van der Waals surface area (Å²) in [7, 11) is 1.60. The molecule has 1 aromatic rings. The van der Waals surface area contributed by atoms with Crippen molar-refractivity contribution in [1.29, 1.82) is 0 Å². The first-order valence-corrected chi connectivity index (χ1v) is 4.24. The van der Waals surface area contributed by atoms with Crippen molar-refractivity contribution in [3.05, 3.63) is 12.2 Å². The second-order valence-electron chi connectivity index (χ2n) is 3.48. The van der Waals surface area contributed by atoms with E-state index in [2.05, 4.69) is 20.5 Å². The molecule has 0 unspecified atom stereocenters. The smallest absolute Gasteiger partial charge is 0.288 e. The Balaban J connectivity index is 2.43. The van der Waals surface area contributed by atoms with E-state index < -0.39 is 0 Å². The fourth-order valence-corrected chi connectivity index (χ4v) is 0.764. The van der Waals surface area contributed by atoms with E-state index in [9.17, 15) is 4.79 Å². The SMILES string of the molecule is COC(C)(C)CNC(=O)c1ncn[nH]1. The zero-order valence-electron chi connectivity index (χ0n) is 8.50. The number of rotatable bonds is 4. The van der Waals surface area contributed by atoms with Crippen LogP contribution in [0.2, 0.25) is 0 Å². The molecule has 1 aromatic heterocycles. The summed E-state index contributed by atoms with van der Waals surface area (Å²) in [6.07, 6.45) is 1.29. The second-order valence-corrected chi connectivity index (χ2v) is 3.48. The maximum atomic E-state index is 11.4. The number of methoxy groups -OCH3 is 1. The van der Waals surface area contributed by atoms with Gasteiger partial charge in [0, 0.05) is 13.7 Å². The summed E-state index contributed by atoms with van der Waals surface area (Å²) in [6, 6.07) is 0. The van der Waals surface area contributed by atoms with Crippen molar-refractivity contribution in [2.24, 2.45) is 0 Å². The van der Waals surface area contributed by atoms with Gasteiger partial charge in [0.2, 0.25) is 5.82 Å². The molecule has 1 amide bonds. The van der Waals surface area contributed by atoms with Gasteiger partial charge in [-0.3, -0.25) is 9.89 Å². The number of carbonyl (C=O) groups excluding carboxylic acids is 1. The van der Waals surface area contributed by atoms with Crippen LogP contribution in [0, 0.1) is 0 Å². The molecule has 1 rings (SSSR count). The number of ether oxygens (including phenoxy) is 1.